The van der Waals surface area contributed by atoms with Gasteiger partial charge in [0, 0.05) is 6.54 Å². The van der Waals surface area contributed by atoms with E-state index >= 15 is 0 Å². The minimum absolute atomic E-state index is 0.142. The van der Waals surface area contributed by atoms with E-state index in [2.05, 4.69) is 71.2 Å². The molecule has 0 aliphatic rings. The summed E-state index contributed by atoms with van der Waals surface area (Å²) in [5, 5.41) is 3.62. The summed E-state index contributed by atoms with van der Waals surface area (Å²) in [7, 11) is 2.26. The van der Waals surface area contributed by atoms with Gasteiger partial charge in [0.25, 0.3) is 0 Å². The molecule has 1 unspecified atom stereocenters. The van der Waals surface area contributed by atoms with Crippen molar-refractivity contribution in [1.82, 2.24) is 5.32 Å². The zero-order chi connectivity index (χ0) is 11.5. The molecule has 1 N–H and O–H groups in total. The summed E-state index contributed by atoms with van der Waals surface area (Å²) >= 11 is 0. The number of hydrogen-bond donors (Lipinski definition) is 1. The molecule has 1 aromatic carbocycles. The Morgan fingerprint density at radius 1 is 1.07 bits per heavy atom. The minimum atomic E-state index is 0.142. The fraction of sp³-hybridized carbons (Fsp3) is 0.538. The van der Waals surface area contributed by atoms with Crippen molar-refractivity contribution in [2.75, 3.05) is 0 Å². The second-order valence-electron chi connectivity index (χ2n) is 5.71. The van der Waals surface area contributed by atoms with Crippen molar-refractivity contribution >= 4 is 7.85 Å². The summed E-state index contributed by atoms with van der Waals surface area (Å²) in [6.07, 6.45) is 0. The van der Waals surface area contributed by atoms with Gasteiger partial charge in [0.1, 0.15) is 7.85 Å². The molecule has 1 rings (SSSR count). The van der Waals surface area contributed by atoms with E-state index in [0.29, 0.717) is 0 Å². The van der Waals surface area contributed by atoms with Crippen LogP contribution in [0.25, 0.3) is 0 Å². The molecule has 82 valence electrons. The molecule has 0 radical (unpaired) electrons. The van der Waals surface area contributed by atoms with Crippen LogP contribution in [0.4, 0.5) is 0 Å². The van der Waals surface area contributed by atoms with Crippen LogP contribution in [0, 0.1) is 5.41 Å². The highest BCUT2D eigenvalue weighted by Crippen LogP contribution is 2.27. The van der Waals surface area contributed by atoms with Crippen LogP contribution in [0.2, 0.25) is 0 Å². The van der Waals surface area contributed by atoms with Gasteiger partial charge in [-0.25, -0.2) is 0 Å². The van der Waals surface area contributed by atoms with E-state index in [1.807, 2.05) is 0 Å². The van der Waals surface area contributed by atoms with Gasteiger partial charge >= 0.3 is 0 Å². The van der Waals surface area contributed by atoms with Gasteiger partial charge in [-0.1, -0.05) is 58.0 Å². The van der Waals surface area contributed by atoms with Crippen LogP contribution >= 0.6 is 0 Å². The van der Waals surface area contributed by atoms with Crippen LogP contribution in [0.3, 0.4) is 0 Å². The average molecular weight is 203 g/mol. The van der Waals surface area contributed by atoms with Crippen molar-refractivity contribution in [2.45, 2.75) is 39.7 Å². The molecule has 0 aliphatic carbocycles. The summed E-state index contributed by atoms with van der Waals surface area (Å²) in [5.74, 6) is 0. The predicted molar refractivity (Wildman–Crippen MR) is 69.7 cm³/mol. The molecule has 0 fully saturated rings. The van der Waals surface area contributed by atoms with Crippen molar-refractivity contribution < 1.29 is 0 Å². The smallest absolute Gasteiger partial charge is 0.127 e. The van der Waals surface area contributed by atoms with Gasteiger partial charge in [-0.3, -0.25) is 0 Å². The van der Waals surface area contributed by atoms with Crippen LogP contribution in [0.5, 0.6) is 0 Å². The lowest BCUT2D eigenvalue weighted by Gasteiger charge is -2.40. The molecule has 0 heterocycles. The van der Waals surface area contributed by atoms with Gasteiger partial charge in [0.05, 0.1) is 0 Å². The average Bonchev–Trinajstić information content (AvgIpc) is 2.15. The number of benzene rings is 1. The van der Waals surface area contributed by atoms with Crippen LogP contribution in [-0.2, 0) is 6.54 Å². The minimum Gasteiger partial charge on any atom is -0.315 e. The summed E-state index contributed by atoms with van der Waals surface area (Å²) in [4.78, 5) is 0. The van der Waals surface area contributed by atoms with Crippen molar-refractivity contribution in [1.29, 1.82) is 0 Å². The largest absolute Gasteiger partial charge is 0.315 e. The molecule has 0 aromatic heterocycles. The fourth-order valence-corrected chi connectivity index (χ4v) is 1.18. The third-order valence-electron chi connectivity index (χ3n) is 3.45. The van der Waals surface area contributed by atoms with E-state index < -0.39 is 0 Å². The van der Waals surface area contributed by atoms with Crippen LogP contribution in [0.15, 0.2) is 30.3 Å². The first-order valence-electron chi connectivity index (χ1n) is 5.62. The fourth-order valence-electron chi connectivity index (χ4n) is 1.18. The molecule has 2 heteroatoms. The van der Waals surface area contributed by atoms with E-state index in [1.165, 1.54) is 5.56 Å². The summed E-state index contributed by atoms with van der Waals surface area (Å²) in [5.41, 5.74) is 1.75. The maximum absolute atomic E-state index is 3.62. The first-order chi connectivity index (χ1) is 6.83. The van der Waals surface area contributed by atoms with Gasteiger partial charge < -0.3 is 5.32 Å². The Morgan fingerprint density at radius 2 is 1.60 bits per heavy atom. The molecule has 1 atom stereocenters. The first-order valence-corrected chi connectivity index (χ1v) is 5.62. The summed E-state index contributed by atoms with van der Waals surface area (Å²) in [6, 6.07) is 10.5. The summed E-state index contributed by atoms with van der Waals surface area (Å²) in [6.45, 7) is 10.0. The van der Waals surface area contributed by atoms with Crippen LogP contribution < -0.4 is 5.32 Å². The van der Waals surface area contributed by atoms with Gasteiger partial charge in [-0.2, -0.15) is 0 Å². The van der Waals surface area contributed by atoms with Crippen LogP contribution in [0.1, 0.15) is 33.3 Å². The Morgan fingerprint density at radius 3 is 2.07 bits per heavy atom. The highest BCUT2D eigenvalue weighted by atomic mass is 15.0. The van der Waals surface area contributed by atoms with Gasteiger partial charge in [0.2, 0.25) is 0 Å². The van der Waals surface area contributed by atoms with Crippen LogP contribution in [-0.4, -0.2) is 13.3 Å². The second-order valence-corrected chi connectivity index (χ2v) is 5.71. The zero-order valence-electron chi connectivity index (χ0n) is 10.6. The Labute approximate surface area is 94.7 Å². The lowest BCUT2D eigenvalue weighted by Crippen LogP contribution is -2.52. The molecule has 1 nitrogen and oxygen atoms in total. The Hall–Kier alpha value is -0.755. The molecule has 0 spiro atoms. The first kappa shape index (κ1) is 12.3. The zero-order valence-corrected chi connectivity index (χ0v) is 10.6. The molecule has 0 bridgehead atoms. The highest BCUT2D eigenvalue weighted by Gasteiger charge is 2.31. The molecular weight excluding hydrogens is 181 g/mol. The summed E-state index contributed by atoms with van der Waals surface area (Å²) < 4.78 is 0. The third-order valence-corrected chi connectivity index (χ3v) is 3.45. The highest BCUT2D eigenvalue weighted by molar-refractivity contribution is 6.15. The monoisotopic (exact) mass is 203 g/mol. The van der Waals surface area contributed by atoms with E-state index in [1.54, 1.807) is 0 Å². The van der Waals surface area contributed by atoms with E-state index in [4.69, 9.17) is 0 Å². The maximum Gasteiger partial charge on any atom is 0.127 e. The third kappa shape index (κ3) is 3.38. The Bertz CT molecular complexity index is 298. The van der Waals surface area contributed by atoms with E-state index in [9.17, 15) is 0 Å². The number of nitrogens with one attached hydrogen (secondary N) is 1. The number of hydrogen-bond acceptors (Lipinski definition) is 1. The van der Waals surface area contributed by atoms with Crippen molar-refractivity contribution in [3.8, 4) is 0 Å². The normalized spacial score (nSPS) is 16.0. The number of rotatable bonds is 3. The van der Waals surface area contributed by atoms with Gasteiger partial charge in [0.15, 0.2) is 0 Å². The quantitative estimate of drug-likeness (QED) is 0.742. The lowest BCUT2D eigenvalue weighted by molar-refractivity contribution is 0.242. The Balaban J connectivity index is 2.58. The SMILES string of the molecule is BC(C)(NCc1ccccc1)C(C)(C)C. The molecule has 0 saturated heterocycles. The molecular formula is C13H22BN. The second kappa shape index (κ2) is 4.40. The standard InChI is InChI=1S/C13H22BN/c1-12(2,3)13(4,14)15-10-11-8-6-5-7-9-11/h5-9,15H,10,14H2,1-4H3. The molecule has 0 aliphatic heterocycles. The van der Waals surface area contributed by atoms with Crippen molar-refractivity contribution in [3.63, 3.8) is 0 Å². The van der Waals surface area contributed by atoms with E-state index in [0.717, 1.165) is 6.54 Å². The lowest BCUT2D eigenvalue weighted by atomic mass is 9.62. The molecule has 0 amide bonds. The predicted octanol–water partition coefficient (Wildman–Crippen LogP) is 2.17. The van der Waals surface area contributed by atoms with Gasteiger partial charge in [-0.05, 0) is 16.4 Å². The molecule has 0 saturated carbocycles. The van der Waals surface area contributed by atoms with Crippen molar-refractivity contribution in [3.05, 3.63) is 35.9 Å². The molecule has 1 aromatic rings. The maximum atomic E-state index is 3.62. The van der Waals surface area contributed by atoms with E-state index in [-0.39, 0.29) is 10.9 Å². The van der Waals surface area contributed by atoms with Crippen molar-refractivity contribution in [2.24, 2.45) is 5.41 Å². The van der Waals surface area contributed by atoms with Gasteiger partial charge in [-0.15, -0.1) is 0 Å². The molecule has 15 heavy (non-hydrogen) atoms. The Kier molecular flexibility index (Phi) is 3.61. The topological polar surface area (TPSA) is 12.0 Å².